The maximum absolute atomic E-state index is 13.6. The molecule has 0 amide bonds. The Morgan fingerprint density at radius 3 is 1.98 bits per heavy atom. The molecule has 43 heavy (non-hydrogen) atoms. The van der Waals surface area contributed by atoms with Crippen LogP contribution < -0.4 is 9.47 Å². The van der Waals surface area contributed by atoms with Crippen LogP contribution in [0.4, 0.5) is 17.6 Å². The molecule has 0 aliphatic rings. The molecule has 5 nitrogen and oxygen atoms in total. The number of nitrogens with zero attached hydrogens (tertiary/aromatic N) is 1. The van der Waals surface area contributed by atoms with Crippen molar-refractivity contribution in [1.82, 2.24) is 4.90 Å². The lowest BCUT2D eigenvalue weighted by Crippen LogP contribution is -2.33. The van der Waals surface area contributed by atoms with Gasteiger partial charge < -0.3 is 14.6 Å². The summed E-state index contributed by atoms with van der Waals surface area (Å²) in [5.41, 5.74) is 3.49. The Kier molecular flexibility index (Phi) is 11.2. The third-order valence-corrected chi connectivity index (χ3v) is 6.80. The summed E-state index contributed by atoms with van der Waals surface area (Å²) in [6.07, 6.45) is -8.03. The molecular formula is C34H33F4NO4. The fourth-order valence-electron chi connectivity index (χ4n) is 4.83. The summed E-state index contributed by atoms with van der Waals surface area (Å²) in [5, 5.41) is 9.06. The average molecular weight is 596 g/mol. The van der Waals surface area contributed by atoms with Crippen molar-refractivity contribution in [3.8, 4) is 11.5 Å². The molecule has 0 radical (unpaired) electrons. The summed E-state index contributed by atoms with van der Waals surface area (Å²) in [6.45, 7) is 1.86. The van der Waals surface area contributed by atoms with E-state index in [-0.39, 0.29) is 18.1 Å². The smallest absolute Gasteiger partial charge is 0.461 e. The van der Waals surface area contributed by atoms with E-state index in [9.17, 15) is 22.4 Å². The van der Waals surface area contributed by atoms with Gasteiger partial charge in [0.15, 0.2) is 0 Å². The van der Waals surface area contributed by atoms with E-state index >= 15 is 0 Å². The lowest BCUT2D eigenvalue weighted by atomic mass is 9.90. The van der Waals surface area contributed by atoms with E-state index in [0.717, 1.165) is 11.1 Å². The molecule has 1 N–H and O–H groups in total. The Morgan fingerprint density at radius 2 is 1.37 bits per heavy atom. The minimum Gasteiger partial charge on any atom is -0.494 e. The van der Waals surface area contributed by atoms with Gasteiger partial charge in [0.2, 0.25) is 0 Å². The zero-order chi connectivity index (χ0) is 30.7. The zero-order valence-electron chi connectivity index (χ0n) is 23.4. The number of carbonyl (C=O) groups is 1. The van der Waals surface area contributed by atoms with Crippen LogP contribution in [0.15, 0.2) is 109 Å². The standard InChI is InChI=1S/C34H33F4NO4/c35-33(36)34(37,38)43-30-17-8-11-26(21-30)23-39(18-9-19-42-29-16-7-10-25(20-29)22-32(40)41)24-31(27-12-3-1-4-13-27)28-14-5-2-6-15-28/h1-8,10-17,20-21,31,33H,9,18-19,22-24H2,(H,40,41). The van der Waals surface area contributed by atoms with E-state index in [4.69, 9.17) is 9.84 Å². The summed E-state index contributed by atoms with van der Waals surface area (Å²) in [4.78, 5) is 13.2. The van der Waals surface area contributed by atoms with Gasteiger partial charge in [-0.2, -0.15) is 17.6 Å². The number of carboxylic acids is 1. The first kappa shape index (κ1) is 31.6. The van der Waals surface area contributed by atoms with Crippen LogP contribution in [-0.2, 0) is 17.8 Å². The highest BCUT2D eigenvalue weighted by molar-refractivity contribution is 5.70. The second-order valence-corrected chi connectivity index (χ2v) is 10.1. The van der Waals surface area contributed by atoms with Crippen LogP contribution in [0.5, 0.6) is 11.5 Å². The monoisotopic (exact) mass is 595 g/mol. The predicted octanol–water partition coefficient (Wildman–Crippen LogP) is 7.65. The van der Waals surface area contributed by atoms with Crippen molar-refractivity contribution >= 4 is 5.97 Å². The number of halogens is 4. The van der Waals surface area contributed by atoms with Crippen LogP contribution in [0.2, 0.25) is 0 Å². The first-order valence-electron chi connectivity index (χ1n) is 13.9. The number of hydrogen-bond donors (Lipinski definition) is 1. The fourth-order valence-corrected chi connectivity index (χ4v) is 4.83. The number of hydrogen-bond acceptors (Lipinski definition) is 4. The van der Waals surface area contributed by atoms with Gasteiger partial charge in [-0.3, -0.25) is 9.69 Å². The van der Waals surface area contributed by atoms with Gasteiger partial charge in [0.05, 0.1) is 13.0 Å². The quantitative estimate of drug-likeness (QED) is 0.107. The van der Waals surface area contributed by atoms with Crippen molar-refractivity contribution in [1.29, 1.82) is 0 Å². The summed E-state index contributed by atoms with van der Waals surface area (Å²) in [6, 6.07) is 32.8. The highest BCUT2D eigenvalue weighted by Crippen LogP contribution is 2.30. The third kappa shape index (κ3) is 9.85. The maximum atomic E-state index is 13.6. The van der Waals surface area contributed by atoms with E-state index in [1.165, 1.54) is 18.2 Å². The van der Waals surface area contributed by atoms with Gasteiger partial charge in [0, 0.05) is 25.6 Å². The van der Waals surface area contributed by atoms with E-state index < -0.39 is 18.5 Å². The molecule has 4 aromatic carbocycles. The zero-order valence-corrected chi connectivity index (χ0v) is 23.4. The maximum Gasteiger partial charge on any atom is 0.461 e. The molecule has 0 saturated carbocycles. The van der Waals surface area contributed by atoms with Crippen LogP contribution in [0.25, 0.3) is 0 Å². The number of aliphatic carboxylic acids is 1. The molecule has 0 aliphatic carbocycles. The first-order chi connectivity index (χ1) is 20.7. The van der Waals surface area contributed by atoms with Crippen molar-refractivity contribution in [2.24, 2.45) is 0 Å². The molecule has 0 saturated heterocycles. The Balaban J connectivity index is 1.51. The average Bonchev–Trinajstić information content (AvgIpc) is 2.98. The number of ether oxygens (including phenoxy) is 2. The molecule has 0 fully saturated rings. The summed E-state index contributed by atoms with van der Waals surface area (Å²) in [5.74, 6) is -0.693. The van der Waals surface area contributed by atoms with Gasteiger partial charge in [-0.1, -0.05) is 84.9 Å². The van der Waals surface area contributed by atoms with Crippen LogP contribution in [0.3, 0.4) is 0 Å². The molecule has 4 aromatic rings. The molecule has 0 aromatic heterocycles. The van der Waals surface area contributed by atoms with Gasteiger partial charge in [0.25, 0.3) is 0 Å². The van der Waals surface area contributed by atoms with E-state index in [0.29, 0.717) is 49.5 Å². The van der Waals surface area contributed by atoms with Crippen molar-refractivity contribution in [2.45, 2.75) is 37.8 Å². The van der Waals surface area contributed by atoms with Gasteiger partial charge in [-0.25, -0.2) is 0 Å². The molecule has 0 spiro atoms. The molecule has 0 heterocycles. The van der Waals surface area contributed by atoms with Gasteiger partial charge in [-0.15, -0.1) is 0 Å². The summed E-state index contributed by atoms with van der Waals surface area (Å²) >= 11 is 0. The topological polar surface area (TPSA) is 59.0 Å². The largest absolute Gasteiger partial charge is 0.494 e. The number of rotatable bonds is 16. The highest BCUT2D eigenvalue weighted by Gasteiger charge is 2.44. The minimum absolute atomic E-state index is 0.00128. The molecule has 0 bridgehead atoms. The normalized spacial score (nSPS) is 11.7. The van der Waals surface area contributed by atoms with Crippen LogP contribution in [-0.4, -0.2) is 48.2 Å². The number of alkyl halides is 4. The third-order valence-electron chi connectivity index (χ3n) is 6.80. The van der Waals surface area contributed by atoms with Crippen molar-refractivity contribution in [3.05, 3.63) is 131 Å². The van der Waals surface area contributed by atoms with E-state index in [1.807, 2.05) is 36.4 Å². The molecule has 0 unspecified atom stereocenters. The summed E-state index contributed by atoms with van der Waals surface area (Å²) < 4.78 is 62.8. The fraction of sp³-hybridized carbons (Fsp3) is 0.265. The lowest BCUT2D eigenvalue weighted by molar-refractivity contribution is -0.253. The van der Waals surface area contributed by atoms with Crippen LogP contribution >= 0.6 is 0 Å². The minimum atomic E-state index is -4.59. The van der Waals surface area contributed by atoms with E-state index in [1.54, 1.807) is 30.3 Å². The van der Waals surface area contributed by atoms with Gasteiger partial charge in [-0.05, 0) is 52.9 Å². The Labute approximate surface area is 248 Å². The van der Waals surface area contributed by atoms with Crippen LogP contribution in [0.1, 0.15) is 34.6 Å². The number of benzene rings is 4. The Hall–Kier alpha value is -4.37. The second-order valence-electron chi connectivity index (χ2n) is 10.1. The van der Waals surface area contributed by atoms with Crippen molar-refractivity contribution < 1.29 is 36.9 Å². The van der Waals surface area contributed by atoms with Crippen molar-refractivity contribution in [3.63, 3.8) is 0 Å². The number of carboxylic acid groups (broad SMARTS) is 1. The lowest BCUT2D eigenvalue weighted by Gasteiger charge is -2.29. The Morgan fingerprint density at radius 1 is 0.791 bits per heavy atom. The highest BCUT2D eigenvalue weighted by atomic mass is 19.3. The molecule has 226 valence electrons. The van der Waals surface area contributed by atoms with Crippen LogP contribution in [0, 0.1) is 0 Å². The molecule has 4 rings (SSSR count). The second kappa shape index (κ2) is 15.2. The van der Waals surface area contributed by atoms with Gasteiger partial charge in [0.1, 0.15) is 11.5 Å². The van der Waals surface area contributed by atoms with Crippen molar-refractivity contribution in [2.75, 3.05) is 19.7 Å². The molecule has 0 atom stereocenters. The molecule has 0 aliphatic heterocycles. The molecule has 9 heteroatoms. The Bertz CT molecular complexity index is 1400. The molecular weight excluding hydrogens is 562 g/mol. The predicted molar refractivity (Wildman–Crippen MR) is 156 cm³/mol. The summed E-state index contributed by atoms with van der Waals surface area (Å²) in [7, 11) is 0. The van der Waals surface area contributed by atoms with Gasteiger partial charge >= 0.3 is 18.5 Å². The first-order valence-corrected chi connectivity index (χ1v) is 13.9. The SMILES string of the molecule is O=C(O)Cc1cccc(OCCCN(Cc2cccc(OC(F)(F)C(F)F)c2)CC(c2ccccc2)c2ccccc2)c1. The van der Waals surface area contributed by atoms with E-state index in [2.05, 4.69) is 33.9 Å².